The first-order valence-corrected chi connectivity index (χ1v) is 7.47. The first-order valence-electron chi connectivity index (χ1n) is 7.47. The monoisotopic (exact) mass is 463 g/mol. The zero-order valence-corrected chi connectivity index (χ0v) is 14.4. The summed E-state index contributed by atoms with van der Waals surface area (Å²) in [5, 5.41) is 1.79. The van der Waals surface area contributed by atoms with Gasteiger partial charge >= 0.3 is 41.8 Å². The number of carbonyl (C=O) groups excluding carboxylic acids is 1. The normalized spacial score (nSPS) is 16.0. The maximum absolute atomic E-state index is 13.5. The van der Waals surface area contributed by atoms with Crippen molar-refractivity contribution in [1.82, 2.24) is 5.32 Å². The van der Waals surface area contributed by atoms with E-state index in [2.05, 4.69) is 4.74 Å². The molecular formula is C13H14F13NO2. The van der Waals surface area contributed by atoms with E-state index in [1.807, 2.05) is 0 Å². The fourth-order valence-electron chi connectivity index (χ4n) is 1.76. The van der Waals surface area contributed by atoms with Gasteiger partial charge in [0.1, 0.15) is 6.04 Å². The van der Waals surface area contributed by atoms with Gasteiger partial charge in [-0.1, -0.05) is 0 Å². The summed E-state index contributed by atoms with van der Waals surface area (Å²) in [4.78, 5) is 11.2. The van der Waals surface area contributed by atoms with Crippen LogP contribution in [0.1, 0.15) is 20.3 Å². The first-order chi connectivity index (χ1) is 12.6. The Hall–Kier alpha value is -1.48. The smallest absolute Gasteiger partial charge is 0.460 e. The Labute approximate surface area is 154 Å². The second-order valence-electron chi connectivity index (χ2n) is 5.68. The van der Waals surface area contributed by atoms with Gasteiger partial charge in [0, 0.05) is 13.0 Å². The Kier molecular flexibility index (Phi) is 7.91. The molecule has 0 bridgehead atoms. The lowest BCUT2D eigenvalue weighted by Gasteiger charge is -2.39. The Bertz CT molecular complexity index is 574. The predicted octanol–water partition coefficient (Wildman–Crippen LogP) is 4.66. The van der Waals surface area contributed by atoms with Gasteiger partial charge in [0.05, 0.1) is 6.61 Å². The van der Waals surface area contributed by atoms with Crippen molar-refractivity contribution in [3.05, 3.63) is 0 Å². The van der Waals surface area contributed by atoms with Crippen LogP contribution in [0.5, 0.6) is 0 Å². The minimum absolute atomic E-state index is 0.187. The number of alkyl halides is 13. The van der Waals surface area contributed by atoms with Crippen LogP contribution >= 0.6 is 0 Å². The largest absolute Gasteiger partial charge is 0.465 e. The van der Waals surface area contributed by atoms with Crippen LogP contribution in [-0.2, 0) is 9.53 Å². The molecule has 174 valence electrons. The fraction of sp³-hybridized carbons (Fsp3) is 0.923. The second kappa shape index (κ2) is 8.34. The first kappa shape index (κ1) is 27.5. The quantitative estimate of drug-likeness (QED) is 0.379. The standard InChI is InChI=1S/C13H14F13NO2/c1-3-29-7(28)6(2)27-5-4-8(14,15)9(16,17)10(18,19)11(20,21)12(22,23)13(24,25)26/h6,27H,3-5H2,1-2H3/t6-/m0/s1. The van der Waals surface area contributed by atoms with Gasteiger partial charge in [0.15, 0.2) is 0 Å². The summed E-state index contributed by atoms with van der Waals surface area (Å²) in [5.74, 6) is -38.1. The molecule has 16 heteroatoms. The van der Waals surface area contributed by atoms with Crippen LogP contribution in [0.3, 0.4) is 0 Å². The van der Waals surface area contributed by atoms with Crippen LogP contribution in [0.25, 0.3) is 0 Å². The van der Waals surface area contributed by atoms with Gasteiger partial charge in [0.25, 0.3) is 0 Å². The van der Waals surface area contributed by atoms with Crippen molar-refractivity contribution in [2.24, 2.45) is 0 Å². The lowest BCUT2D eigenvalue weighted by Crippen LogP contribution is -2.70. The minimum atomic E-state index is -7.92. The van der Waals surface area contributed by atoms with Crippen LogP contribution in [0.2, 0.25) is 0 Å². The van der Waals surface area contributed by atoms with E-state index in [9.17, 15) is 61.9 Å². The third-order valence-electron chi connectivity index (χ3n) is 3.53. The summed E-state index contributed by atoms with van der Waals surface area (Å²) in [6, 6.07) is -1.45. The minimum Gasteiger partial charge on any atom is -0.465 e. The van der Waals surface area contributed by atoms with E-state index in [0.29, 0.717) is 0 Å². The molecule has 0 aliphatic carbocycles. The van der Waals surface area contributed by atoms with E-state index in [1.165, 1.54) is 6.92 Å². The molecule has 1 N–H and O–H groups in total. The van der Waals surface area contributed by atoms with Gasteiger partial charge in [-0.3, -0.25) is 4.79 Å². The zero-order chi connectivity index (χ0) is 23.7. The highest BCUT2D eigenvalue weighted by Gasteiger charge is 2.90. The molecule has 0 heterocycles. The molecule has 0 aliphatic heterocycles. The lowest BCUT2D eigenvalue weighted by atomic mass is 9.92. The topological polar surface area (TPSA) is 38.3 Å². The summed E-state index contributed by atoms with van der Waals surface area (Å²) in [6.07, 6.45) is -9.87. The lowest BCUT2D eigenvalue weighted by molar-refractivity contribution is -0.440. The Morgan fingerprint density at radius 3 is 1.59 bits per heavy atom. The van der Waals surface area contributed by atoms with Gasteiger partial charge in [-0.25, -0.2) is 0 Å². The van der Waals surface area contributed by atoms with Crippen molar-refractivity contribution in [1.29, 1.82) is 0 Å². The van der Waals surface area contributed by atoms with E-state index in [0.717, 1.165) is 6.92 Å². The maximum atomic E-state index is 13.5. The van der Waals surface area contributed by atoms with Crippen molar-refractivity contribution in [3.8, 4) is 0 Å². The van der Waals surface area contributed by atoms with Crippen LogP contribution < -0.4 is 5.32 Å². The molecule has 0 aromatic carbocycles. The SMILES string of the molecule is CCOC(=O)[C@H](C)NCCC(F)(F)C(F)(F)C(F)(F)C(F)(F)C(F)(F)C(F)(F)F. The summed E-state index contributed by atoms with van der Waals surface area (Å²) < 4.78 is 172. The highest BCUT2D eigenvalue weighted by atomic mass is 19.4. The number of hydrogen-bond donors (Lipinski definition) is 1. The molecule has 1 atom stereocenters. The number of esters is 1. The van der Waals surface area contributed by atoms with Gasteiger partial charge in [-0.05, 0) is 13.8 Å². The van der Waals surface area contributed by atoms with Crippen molar-refractivity contribution in [3.63, 3.8) is 0 Å². The van der Waals surface area contributed by atoms with E-state index >= 15 is 0 Å². The molecule has 0 saturated heterocycles. The maximum Gasteiger partial charge on any atom is 0.460 e. The van der Waals surface area contributed by atoms with E-state index in [1.54, 1.807) is 5.32 Å². The third kappa shape index (κ3) is 4.82. The molecule has 0 fully saturated rings. The average Bonchev–Trinajstić information content (AvgIpc) is 2.52. The molecule has 0 unspecified atom stereocenters. The number of ether oxygens (including phenoxy) is 1. The van der Waals surface area contributed by atoms with Crippen LogP contribution in [0, 0.1) is 0 Å². The van der Waals surface area contributed by atoms with Crippen LogP contribution in [0.4, 0.5) is 57.1 Å². The van der Waals surface area contributed by atoms with Gasteiger partial charge < -0.3 is 10.1 Å². The molecule has 29 heavy (non-hydrogen) atoms. The Morgan fingerprint density at radius 1 is 0.793 bits per heavy atom. The molecule has 0 aromatic heterocycles. The van der Waals surface area contributed by atoms with Crippen LogP contribution in [0.15, 0.2) is 0 Å². The summed E-state index contributed by atoms with van der Waals surface area (Å²) in [5.41, 5.74) is 0. The number of nitrogens with one attached hydrogen (secondary N) is 1. The average molecular weight is 463 g/mol. The summed E-state index contributed by atoms with van der Waals surface area (Å²) >= 11 is 0. The number of halogens is 13. The summed E-state index contributed by atoms with van der Waals surface area (Å²) in [7, 11) is 0. The van der Waals surface area contributed by atoms with Crippen molar-refractivity contribution in [2.45, 2.75) is 62.1 Å². The second-order valence-corrected chi connectivity index (χ2v) is 5.68. The molecule has 0 radical (unpaired) electrons. The Balaban J connectivity index is 5.63. The van der Waals surface area contributed by atoms with E-state index in [4.69, 9.17) is 0 Å². The van der Waals surface area contributed by atoms with Crippen LogP contribution in [-0.4, -0.2) is 61.0 Å². The van der Waals surface area contributed by atoms with E-state index < -0.39 is 60.8 Å². The van der Waals surface area contributed by atoms with Crippen molar-refractivity contribution >= 4 is 5.97 Å². The number of hydrogen-bond acceptors (Lipinski definition) is 3. The molecule has 0 spiro atoms. The van der Waals surface area contributed by atoms with Gasteiger partial charge in [0.2, 0.25) is 0 Å². The van der Waals surface area contributed by atoms with Gasteiger partial charge in [-0.2, -0.15) is 57.1 Å². The molecule has 0 rings (SSSR count). The van der Waals surface area contributed by atoms with Gasteiger partial charge in [-0.15, -0.1) is 0 Å². The highest BCUT2D eigenvalue weighted by molar-refractivity contribution is 5.75. The molecule has 0 aliphatic rings. The molecule has 0 amide bonds. The Morgan fingerprint density at radius 2 is 1.21 bits per heavy atom. The number of carbonyl (C=O) groups is 1. The predicted molar refractivity (Wildman–Crippen MR) is 69.5 cm³/mol. The fourth-order valence-corrected chi connectivity index (χ4v) is 1.76. The molecular weight excluding hydrogens is 449 g/mol. The highest BCUT2D eigenvalue weighted by Crippen LogP contribution is 2.60. The molecule has 3 nitrogen and oxygen atoms in total. The summed E-state index contributed by atoms with van der Waals surface area (Å²) in [6.45, 7) is 0.687. The van der Waals surface area contributed by atoms with E-state index in [-0.39, 0.29) is 6.61 Å². The molecule has 0 aromatic rings. The zero-order valence-electron chi connectivity index (χ0n) is 14.4. The van der Waals surface area contributed by atoms with Crippen molar-refractivity contribution in [2.75, 3.05) is 13.2 Å². The molecule has 0 saturated carbocycles. The van der Waals surface area contributed by atoms with Crippen molar-refractivity contribution < 1.29 is 66.6 Å². The third-order valence-corrected chi connectivity index (χ3v) is 3.53. The number of rotatable bonds is 10.